The Kier molecular flexibility index (Phi) is 3.92. The Morgan fingerprint density at radius 1 is 1.04 bits per heavy atom. The van der Waals surface area contributed by atoms with Crippen molar-refractivity contribution in [2.75, 3.05) is 0 Å². The first-order valence-corrected chi connectivity index (χ1v) is 8.78. The van der Waals surface area contributed by atoms with Crippen molar-refractivity contribution in [2.24, 2.45) is 11.1 Å². The van der Waals surface area contributed by atoms with Crippen LogP contribution in [0.3, 0.4) is 0 Å². The van der Waals surface area contributed by atoms with Gasteiger partial charge in [0.25, 0.3) is 5.91 Å². The van der Waals surface area contributed by atoms with E-state index < -0.39 is 12.0 Å². The third-order valence-electron chi connectivity index (χ3n) is 4.66. The molecule has 0 aliphatic carbocycles. The lowest BCUT2D eigenvalue weighted by atomic mass is 9.94. The van der Waals surface area contributed by atoms with Gasteiger partial charge in [0.15, 0.2) is 0 Å². The Hall–Kier alpha value is -2.47. The third-order valence-corrected chi connectivity index (χ3v) is 5.18. The molecule has 0 spiro atoms. The van der Waals surface area contributed by atoms with Crippen LogP contribution in [0.2, 0.25) is 0 Å². The van der Waals surface area contributed by atoms with Crippen molar-refractivity contribution in [1.29, 1.82) is 0 Å². The van der Waals surface area contributed by atoms with Crippen molar-refractivity contribution in [3.8, 4) is 0 Å². The zero-order chi connectivity index (χ0) is 17.6. The topological polar surface area (TPSA) is 59.0 Å². The molecule has 0 saturated carbocycles. The summed E-state index contributed by atoms with van der Waals surface area (Å²) in [6, 6.07) is 16.6. The molecule has 0 aromatic heterocycles. The number of nitrogens with zero attached hydrogens (tertiary/aromatic N) is 2. The molecular weight excluding hydrogens is 384 g/mol. The number of oxime groups is 1. The molecule has 25 heavy (non-hydrogen) atoms. The molecule has 4 rings (SSSR count). The molecule has 5 nitrogen and oxygen atoms in total. The molecule has 1 saturated heterocycles. The van der Waals surface area contributed by atoms with Gasteiger partial charge >= 0.3 is 0 Å². The normalized spacial score (nSPS) is 23.3. The smallest absolute Gasteiger partial charge is 0.274 e. The summed E-state index contributed by atoms with van der Waals surface area (Å²) in [6.07, 6.45) is -0.864. The van der Waals surface area contributed by atoms with Crippen molar-refractivity contribution in [3.63, 3.8) is 0 Å². The quantitative estimate of drug-likeness (QED) is 0.745. The Morgan fingerprint density at radius 2 is 1.72 bits per heavy atom. The Balaban J connectivity index is 1.65. The Labute approximate surface area is 153 Å². The number of amides is 2. The van der Waals surface area contributed by atoms with Gasteiger partial charge in [-0.05, 0) is 24.6 Å². The van der Waals surface area contributed by atoms with Crippen molar-refractivity contribution >= 4 is 33.5 Å². The summed E-state index contributed by atoms with van der Waals surface area (Å²) in [5, 5.41) is 4.02. The van der Waals surface area contributed by atoms with Gasteiger partial charge in [-0.2, -0.15) is 0 Å². The number of hydrogen-bond donors (Lipinski definition) is 0. The first-order chi connectivity index (χ1) is 12.1. The lowest BCUT2D eigenvalue weighted by Gasteiger charge is -2.23. The van der Waals surface area contributed by atoms with E-state index in [1.54, 1.807) is 0 Å². The monoisotopic (exact) mass is 398 g/mol. The van der Waals surface area contributed by atoms with Gasteiger partial charge in [-0.3, -0.25) is 14.5 Å². The van der Waals surface area contributed by atoms with E-state index in [9.17, 15) is 9.59 Å². The van der Waals surface area contributed by atoms with Gasteiger partial charge in [0, 0.05) is 10.0 Å². The van der Waals surface area contributed by atoms with Crippen LogP contribution in [0.1, 0.15) is 24.1 Å². The lowest BCUT2D eigenvalue weighted by molar-refractivity contribution is -0.144. The summed E-state index contributed by atoms with van der Waals surface area (Å²) in [5.41, 5.74) is 2.20. The maximum Gasteiger partial charge on any atom is 0.274 e. The highest BCUT2D eigenvalue weighted by Gasteiger charge is 2.56. The van der Waals surface area contributed by atoms with E-state index in [4.69, 9.17) is 4.84 Å². The molecule has 2 amide bonds. The predicted molar refractivity (Wildman–Crippen MR) is 95.8 cm³/mol. The van der Waals surface area contributed by atoms with E-state index in [-0.39, 0.29) is 17.9 Å². The Bertz CT molecular complexity index is 864. The van der Waals surface area contributed by atoms with Gasteiger partial charge in [-0.15, -0.1) is 0 Å². The summed E-state index contributed by atoms with van der Waals surface area (Å²) in [4.78, 5) is 32.4. The third kappa shape index (κ3) is 2.57. The number of fused-ring (bicyclic) bond motifs is 1. The summed E-state index contributed by atoms with van der Waals surface area (Å²) >= 11 is 3.39. The number of hydrogen-bond acceptors (Lipinski definition) is 4. The molecule has 1 fully saturated rings. The number of halogens is 1. The number of benzene rings is 2. The maximum atomic E-state index is 13.0. The van der Waals surface area contributed by atoms with Gasteiger partial charge in [0.05, 0.1) is 6.04 Å². The lowest BCUT2D eigenvalue weighted by Crippen LogP contribution is -2.35. The van der Waals surface area contributed by atoms with E-state index in [0.29, 0.717) is 5.71 Å². The summed E-state index contributed by atoms with van der Waals surface area (Å²) in [5.74, 6) is -1.27. The first kappa shape index (κ1) is 16.0. The van der Waals surface area contributed by atoms with Crippen LogP contribution in [0.15, 0.2) is 64.2 Å². The summed E-state index contributed by atoms with van der Waals surface area (Å²) in [6.45, 7) is 1.85. The van der Waals surface area contributed by atoms with Crippen LogP contribution in [0.5, 0.6) is 0 Å². The molecule has 2 aliphatic heterocycles. The molecule has 126 valence electrons. The summed E-state index contributed by atoms with van der Waals surface area (Å²) in [7, 11) is 0. The molecule has 3 atom stereocenters. The number of likely N-dealkylation sites (tertiary alicyclic amines) is 1. The van der Waals surface area contributed by atoms with Gasteiger partial charge in [0.2, 0.25) is 12.0 Å². The van der Waals surface area contributed by atoms with Crippen molar-refractivity contribution < 1.29 is 14.4 Å². The largest absolute Gasteiger partial charge is 0.381 e. The second-order valence-corrected chi connectivity index (χ2v) is 7.04. The van der Waals surface area contributed by atoms with Crippen LogP contribution in [0.25, 0.3) is 0 Å². The van der Waals surface area contributed by atoms with E-state index in [2.05, 4.69) is 21.1 Å². The first-order valence-electron chi connectivity index (χ1n) is 7.99. The van der Waals surface area contributed by atoms with Crippen LogP contribution in [-0.2, 0) is 14.4 Å². The molecule has 0 bridgehead atoms. The van der Waals surface area contributed by atoms with Crippen LogP contribution in [0, 0.1) is 5.92 Å². The molecule has 2 aromatic rings. The number of imide groups is 1. The van der Waals surface area contributed by atoms with Crippen LogP contribution < -0.4 is 0 Å². The van der Waals surface area contributed by atoms with Gasteiger partial charge in [0.1, 0.15) is 11.6 Å². The standard InChI is InChI=1S/C19H15BrN2O3/c1-11(12-5-3-2-4-6-12)22-18(23)15-16(21-25-17(15)19(22)24)13-7-9-14(20)10-8-13/h2-11,15,17H,1H3/t11-,15-,17+/m1/s1. The fraction of sp³-hybridized carbons (Fsp3) is 0.211. The van der Waals surface area contributed by atoms with E-state index in [1.165, 1.54) is 4.90 Å². The van der Waals surface area contributed by atoms with Crippen LogP contribution in [0.4, 0.5) is 0 Å². The average Bonchev–Trinajstić information content (AvgIpc) is 3.17. The zero-order valence-electron chi connectivity index (χ0n) is 13.4. The molecule has 0 N–H and O–H groups in total. The van der Waals surface area contributed by atoms with Crippen molar-refractivity contribution in [3.05, 3.63) is 70.2 Å². The molecule has 6 heteroatoms. The SMILES string of the molecule is C[C@H](c1ccccc1)N1C(=O)[C@@H]2C(c3ccc(Br)cc3)=NO[C@@H]2C1=O. The van der Waals surface area contributed by atoms with E-state index >= 15 is 0 Å². The molecule has 2 heterocycles. The fourth-order valence-electron chi connectivity index (χ4n) is 3.32. The molecule has 2 aromatic carbocycles. The number of rotatable bonds is 3. The highest BCUT2D eigenvalue weighted by atomic mass is 79.9. The Morgan fingerprint density at radius 3 is 2.40 bits per heavy atom. The van der Waals surface area contributed by atoms with Crippen LogP contribution in [-0.4, -0.2) is 28.5 Å². The van der Waals surface area contributed by atoms with Crippen LogP contribution >= 0.6 is 15.9 Å². The number of carbonyl (C=O) groups is 2. The fourth-order valence-corrected chi connectivity index (χ4v) is 3.58. The zero-order valence-corrected chi connectivity index (χ0v) is 15.0. The minimum atomic E-state index is -0.864. The molecule has 0 radical (unpaired) electrons. The minimum Gasteiger partial charge on any atom is -0.381 e. The van der Waals surface area contributed by atoms with E-state index in [1.807, 2.05) is 61.5 Å². The number of carbonyl (C=O) groups excluding carboxylic acids is 2. The highest BCUT2D eigenvalue weighted by Crippen LogP contribution is 2.36. The minimum absolute atomic E-state index is 0.259. The maximum absolute atomic E-state index is 13.0. The van der Waals surface area contributed by atoms with Crippen molar-refractivity contribution in [2.45, 2.75) is 19.1 Å². The second kappa shape index (κ2) is 6.11. The molecular formula is C19H15BrN2O3. The summed E-state index contributed by atoms with van der Waals surface area (Å²) < 4.78 is 0.931. The van der Waals surface area contributed by atoms with Gasteiger partial charge < -0.3 is 4.84 Å². The highest BCUT2D eigenvalue weighted by molar-refractivity contribution is 9.10. The predicted octanol–water partition coefficient (Wildman–Crippen LogP) is 3.30. The van der Waals surface area contributed by atoms with Gasteiger partial charge in [-0.25, -0.2) is 0 Å². The second-order valence-electron chi connectivity index (χ2n) is 6.12. The van der Waals surface area contributed by atoms with Crippen molar-refractivity contribution in [1.82, 2.24) is 4.90 Å². The average molecular weight is 399 g/mol. The molecule has 2 aliphatic rings. The molecule has 0 unspecified atom stereocenters. The van der Waals surface area contributed by atoms with E-state index in [0.717, 1.165) is 15.6 Å². The van der Waals surface area contributed by atoms with Gasteiger partial charge in [-0.1, -0.05) is 63.6 Å².